The highest BCUT2D eigenvalue weighted by molar-refractivity contribution is 5.91. The number of nitrogens with one attached hydrogen (secondary N) is 1. The van der Waals surface area contributed by atoms with Crippen molar-refractivity contribution in [2.45, 2.75) is 32.7 Å². The molecule has 6 nitrogen and oxygen atoms in total. The average Bonchev–Trinajstić information content (AvgIpc) is 2.50. The summed E-state index contributed by atoms with van der Waals surface area (Å²) in [7, 11) is 1.52. The molecule has 2 amide bonds. The molecule has 0 bridgehead atoms. The molecule has 0 radical (unpaired) electrons. The minimum atomic E-state index is -1.07. The van der Waals surface area contributed by atoms with Crippen LogP contribution in [0, 0.1) is 5.92 Å². The molecule has 3 N–H and O–H groups in total. The van der Waals surface area contributed by atoms with Crippen LogP contribution in [-0.2, 0) is 9.59 Å². The second kappa shape index (κ2) is 7.68. The maximum absolute atomic E-state index is 12.1. The van der Waals surface area contributed by atoms with Gasteiger partial charge in [0, 0.05) is 0 Å². The SMILES string of the molecule is CC[C@](NC(=O)COc1ccccc1OC)(C(N)=O)C(C)C. The average molecular weight is 308 g/mol. The van der Waals surface area contributed by atoms with Crippen molar-refractivity contribution in [1.29, 1.82) is 0 Å². The van der Waals surface area contributed by atoms with Crippen LogP contribution in [0.1, 0.15) is 27.2 Å². The van der Waals surface area contributed by atoms with E-state index >= 15 is 0 Å². The van der Waals surface area contributed by atoms with E-state index in [2.05, 4.69) is 5.32 Å². The molecule has 0 aliphatic rings. The maximum Gasteiger partial charge on any atom is 0.258 e. The molecule has 0 spiro atoms. The monoisotopic (exact) mass is 308 g/mol. The van der Waals surface area contributed by atoms with Gasteiger partial charge in [0.2, 0.25) is 5.91 Å². The lowest BCUT2D eigenvalue weighted by Crippen LogP contribution is -2.61. The Morgan fingerprint density at radius 3 is 2.32 bits per heavy atom. The summed E-state index contributed by atoms with van der Waals surface area (Å²) in [5.74, 6) is -0.0669. The Hall–Kier alpha value is -2.24. The van der Waals surface area contributed by atoms with Crippen molar-refractivity contribution in [1.82, 2.24) is 5.32 Å². The van der Waals surface area contributed by atoms with Crippen LogP contribution >= 0.6 is 0 Å². The largest absolute Gasteiger partial charge is 0.493 e. The molecule has 1 aromatic carbocycles. The van der Waals surface area contributed by atoms with Crippen molar-refractivity contribution in [3.05, 3.63) is 24.3 Å². The predicted octanol–water partition coefficient (Wildman–Crippen LogP) is 1.48. The third-order valence-electron chi connectivity index (χ3n) is 3.77. The Labute approximate surface area is 131 Å². The third kappa shape index (κ3) is 3.90. The topological polar surface area (TPSA) is 90.7 Å². The number of hydrogen-bond acceptors (Lipinski definition) is 4. The zero-order chi connectivity index (χ0) is 16.8. The number of para-hydroxylation sites is 2. The zero-order valence-electron chi connectivity index (χ0n) is 13.5. The quantitative estimate of drug-likeness (QED) is 0.761. The van der Waals surface area contributed by atoms with E-state index in [-0.39, 0.29) is 12.5 Å². The van der Waals surface area contributed by atoms with Crippen LogP contribution in [0.5, 0.6) is 11.5 Å². The molecule has 1 atom stereocenters. The molecular formula is C16H24N2O4. The molecule has 0 aromatic heterocycles. The molecule has 0 heterocycles. The lowest BCUT2D eigenvalue weighted by molar-refractivity contribution is -0.134. The Morgan fingerprint density at radius 2 is 1.86 bits per heavy atom. The number of ether oxygens (including phenoxy) is 2. The van der Waals surface area contributed by atoms with Gasteiger partial charge in [0.1, 0.15) is 5.54 Å². The third-order valence-corrected chi connectivity index (χ3v) is 3.77. The number of hydrogen-bond donors (Lipinski definition) is 2. The van der Waals surface area contributed by atoms with Crippen molar-refractivity contribution >= 4 is 11.8 Å². The summed E-state index contributed by atoms with van der Waals surface area (Å²) in [6.07, 6.45) is 0.417. The summed E-state index contributed by atoms with van der Waals surface area (Å²) in [5.41, 5.74) is 4.40. The van der Waals surface area contributed by atoms with Gasteiger partial charge in [-0.2, -0.15) is 0 Å². The van der Waals surface area contributed by atoms with Crippen LogP contribution in [0.4, 0.5) is 0 Å². The number of carbonyl (C=O) groups is 2. The molecule has 0 unspecified atom stereocenters. The van der Waals surface area contributed by atoms with Gasteiger partial charge in [-0.3, -0.25) is 9.59 Å². The van der Waals surface area contributed by atoms with Crippen molar-refractivity contribution in [3.8, 4) is 11.5 Å². The van der Waals surface area contributed by atoms with Crippen LogP contribution in [0.2, 0.25) is 0 Å². The summed E-state index contributed by atoms with van der Waals surface area (Å²) in [6, 6.07) is 7.03. The minimum absolute atomic E-state index is 0.120. The van der Waals surface area contributed by atoms with E-state index < -0.39 is 17.4 Å². The summed E-state index contributed by atoms with van der Waals surface area (Å²) < 4.78 is 10.6. The van der Waals surface area contributed by atoms with Crippen LogP contribution in [-0.4, -0.2) is 31.1 Å². The van der Waals surface area contributed by atoms with Gasteiger partial charge >= 0.3 is 0 Å². The Morgan fingerprint density at radius 1 is 1.27 bits per heavy atom. The number of methoxy groups -OCH3 is 1. The van der Waals surface area contributed by atoms with E-state index in [0.29, 0.717) is 17.9 Å². The number of primary amides is 1. The second-order valence-electron chi connectivity index (χ2n) is 5.33. The molecular weight excluding hydrogens is 284 g/mol. The molecule has 6 heteroatoms. The standard InChI is InChI=1S/C16H24N2O4/c1-5-16(11(2)3,15(17)20)18-14(19)10-22-13-9-7-6-8-12(13)21-4/h6-9,11H,5,10H2,1-4H3,(H2,17,20)(H,18,19)/t16-/m1/s1. The Balaban J connectivity index is 2.75. The van der Waals surface area contributed by atoms with Crippen LogP contribution in [0.3, 0.4) is 0 Å². The normalized spacial score (nSPS) is 13.3. The molecule has 0 aliphatic heterocycles. The predicted molar refractivity (Wildman–Crippen MR) is 83.7 cm³/mol. The first kappa shape index (κ1) is 17.8. The van der Waals surface area contributed by atoms with Crippen LogP contribution in [0.15, 0.2) is 24.3 Å². The molecule has 1 rings (SSSR count). The molecule has 0 saturated heterocycles. The summed E-state index contributed by atoms with van der Waals surface area (Å²) >= 11 is 0. The van der Waals surface area contributed by atoms with E-state index in [0.717, 1.165) is 0 Å². The number of carbonyl (C=O) groups excluding carboxylic acids is 2. The maximum atomic E-state index is 12.1. The highest BCUT2D eigenvalue weighted by atomic mass is 16.5. The first-order chi connectivity index (χ1) is 10.4. The van der Waals surface area contributed by atoms with E-state index in [9.17, 15) is 9.59 Å². The summed E-state index contributed by atoms with van der Waals surface area (Å²) in [5, 5.41) is 2.71. The second-order valence-corrected chi connectivity index (χ2v) is 5.33. The minimum Gasteiger partial charge on any atom is -0.493 e. The summed E-state index contributed by atoms with van der Waals surface area (Å²) in [6.45, 7) is 5.28. The van der Waals surface area contributed by atoms with Crippen LogP contribution < -0.4 is 20.5 Å². The fourth-order valence-electron chi connectivity index (χ4n) is 2.33. The van der Waals surface area contributed by atoms with Gasteiger partial charge in [-0.25, -0.2) is 0 Å². The van der Waals surface area contributed by atoms with Crippen molar-refractivity contribution in [2.75, 3.05) is 13.7 Å². The van der Waals surface area contributed by atoms with Crippen LogP contribution in [0.25, 0.3) is 0 Å². The number of nitrogens with two attached hydrogens (primary N) is 1. The first-order valence-electron chi connectivity index (χ1n) is 7.24. The molecule has 22 heavy (non-hydrogen) atoms. The van der Waals surface area contributed by atoms with Gasteiger partial charge in [-0.05, 0) is 24.5 Å². The Bertz CT molecular complexity index is 531. The molecule has 0 saturated carbocycles. The van der Waals surface area contributed by atoms with Crippen molar-refractivity contribution in [2.24, 2.45) is 11.7 Å². The lowest BCUT2D eigenvalue weighted by Gasteiger charge is -2.34. The summed E-state index contributed by atoms with van der Waals surface area (Å²) in [4.78, 5) is 23.9. The van der Waals surface area contributed by atoms with E-state index in [4.69, 9.17) is 15.2 Å². The van der Waals surface area contributed by atoms with E-state index in [1.807, 2.05) is 20.8 Å². The van der Waals surface area contributed by atoms with E-state index in [1.165, 1.54) is 7.11 Å². The fourth-order valence-corrected chi connectivity index (χ4v) is 2.33. The zero-order valence-corrected chi connectivity index (χ0v) is 13.5. The molecule has 0 fully saturated rings. The van der Waals surface area contributed by atoms with Crippen molar-refractivity contribution < 1.29 is 19.1 Å². The number of benzene rings is 1. The van der Waals surface area contributed by atoms with Gasteiger partial charge in [-0.15, -0.1) is 0 Å². The van der Waals surface area contributed by atoms with Gasteiger partial charge < -0.3 is 20.5 Å². The van der Waals surface area contributed by atoms with E-state index in [1.54, 1.807) is 24.3 Å². The first-order valence-corrected chi connectivity index (χ1v) is 7.24. The van der Waals surface area contributed by atoms with Gasteiger partial charge in [0.25, 0.3) is 5.91 Å². The molecule has 122 valence electrons. The Kier molecular flexibility index (Phi) is 6.22. The molecule has 0 aliphatic carbocycles. The highest BCUT2D eigenvalue weighted by Gasteiger charge is 2.39. The fraction of sp³-hybridized carbons (Fsp3) is 0.500. The highest BCUT2D eigenvalue weighted by Crippen LogP contribution is 2.26. The number of amides is 2. The molecule has 1 aromatic rings. The smallest absolute Gasteiger partial charge is 0.258 e. The van der Waals surface area contributed by atoms with Crippen molar-refractivity contribution in [3.63, 3.8) is 0 Å². The van der Waals surface area contributed by atoms with Gasteiger partial charge in [0.15, 0.2) is 18.1 Å². The van der Waals surface area contributed by atoms with Gasteiger partial charge in [-0.1, -0.05) is 32.9 Å². The number of rotatable bonds is 8. The lowest BCUT2D eigenvalue weighted by atomic mass is 9.83. The van der Waals surface area contributed by atoms with Gasteiger partial charge in [0.05, 0.1) is 7.11 Å².